The first-order valence-corrected chi connectivity index (χ1v) is 7.56. The highest BCUT2D eigenvalue weighted by Crippen LogP contribution is 2.18. The second-order valence-electron chi connectivity index (χ2n) is 6.02. The Morgan fingerprint density at radius 2 is 2.10 bits per heavy atom. The van der Waals surface area contributed by atoms with E-state index in [1.807, 2.05) is 6.92 Å². The zero-order valence-corrected chi connectivity index (χ0v) is 13.1. The van der Waals surface area contributed by atoms with Crippen molar-refractivity contribution >= 4 is 5.97 Å². The fourth-order valence-corrected chi connectivity index (χ4v) is 3.25. The maximum Gasteiger partial charge on any atom is 0.341 e. The van der Waals surface area contributed by atoms with E-state index in [-0.39, 0.29) is 11.1 Å². The number of carboxylic acid groups (broad SMARTS) is 1. The summed E-state index contributed by atoms with van der Waals surface area (Å²) < 4.78 is 1.61. The zero-order chi connectivity index (χ0) is 15.6. The van der Waals surface area contributed by atoms with Crippen molar-refractivity contribution in [2.24, 2.45) is 0 Å². The molecular weight excluding hydrogens is 268 g/mol. The van der Waals surface area contributed by atoms with Gasteiger partial charge in [-0.15, -0.1) is 0 Å². The standard InChI is InChI=1S/C16H24N2O3/c1-11-10-12(2)18(15(19)14(11)16(20)21)9-7-13-6-4-5-8-17(13)3/h10,13H,4-9H2,1-3H3,(H,20,21). The minimum Gasteiger partial charge on any atom is -0.477 e. The first-order valence-electron chi connectivity index (χ1n) is 7.56. The van der Waals surface area contributed by atoms with E-state index in [9.17, 15) is 14.7 Å². The second-order valence-corrected chi connectivity index (χ2v) is 6.02. The van der Waals surface area contributed by atoms with Crippen LogP contribution in [0.2, 0.25) is 0 Å². The number of hydrogen-bond donors (Lipinski definition) is 1. The molecule has 0 aliphatic carbocycles. The summed E-state index contributed by atoms with van der Waals surface area (Å²) in [6.45, 7) is 5.23. The average Bonchev–Trinajstić information content (AvgIpc) is 2.39. The van der Waals surface area contributed by atoms with Crippen molar-refractivity contribution in [2.75, 3.05) is 13.6 Å². The summed E-state index contributed by atoms with van der Waals surface area (Å²) in [6.07, 6.45) is 4.51. The Hall–Kier alpha value is -1.62. The molecule has 0 aromatic carbocycles. The van der Waals surface area contributed by atoms with Crippen molar-refractivity contribution in [3.05, 3.63) is 33.2 Å². The van der Waals surface area contributed by atoms with Gasteiger partial charge in [-0.05, 0) is 58.3 Å². The van der Waals surface area contributed by atoms with Crippen molar-refractivity contribution in [1.82, 2.24) is 9.47 Å². The second kappa shape index (κ2) is 6.43. The zero-order valence-electron chi connectivity index (χ0n) is 13.1. The van der Waals surface area contributed by atoms with E-state index in [4.69, 9.17) is 0 Å². The summed E-state index contributed by atoms with van der Waals surface area (Å²) >= 11 is 0. The quantitative estimate of drug-likeness (QED) is 0.922. The van der Waals surface area contributed by atoms with Crippen LogP contribution in [0, 0.1) is 13.8 Å². The van der Waals surface area contributed by atoms with Crippen molar-refractivity contribution in [1.29, 1.82) is 0 Å². The maximum absolute atomic E-state index is 12.4. The van der Waals surface area contributed by atoms with Gasteiger partial charge in [0.2, 0.25) is 0 Å². The Kier molecular flexibility index (Phi) is 4.83. The molecule has 0 bridgehead atoms. The van der Waals surface area contributed by atoms with Gasteiger partial charge in [-0.25, -0.2) is 4.79 Å². The van der Waals surface area contributed by atoms with E-state index in [1.54, 1.807) is 17.6 Å². The summed E-state index contributed by atoms with van der Waals surface area (Å²) in [5.41, 5.74) is 0.896. The molecule has 1 N–H and O–H groups in total. The molecule has 0 amide bonds. The number of pyridine rings is 1. The third-order valence-corrected chi connectivity index (χ3v) is 4.53. The number of hydrogen-bond acceptors (Lipinski definition) is 3. The van der Waals surface area contributed by atoms with Gasteiger partial charge in [-0.1, -0.05) is 6.42 Å². The number of nitrogens with zero attached hydrogens (tertiary/aromatic N) is 2. The molecule has 1 atom stereocenters. The molecule has 1 fully saturated rings. The van der Waals surface area contributed by atoms with Crippen LogP contribution < -0.4 is 5.56 Å². The Labute approximate surface area is 125 Å². The molecule has 0 saturated carbocycles. The smallest absolute Gasteiger partial charge is 0.341 e. The fourth-order valence-electron chi connectivity index (χ4n) is 3.25. The van der Waals surface area contributed by atoms with Gasteiger partial charge in [0.25, 0.3) is 5.56 Å². The molecule has 0 radical (unpaired) electrons. The largest absolute Gasteiger partial charge is 0.477 e. The first-order chi connectivity index (χ1) is 9.91. The third-order valence-electron chi connectivity index (χ3n) is 4.53. The van der Waals surface area contributed by atoms with Crippen molar-refractivity contribution < 1.29 is 9.90 Å². The van der Waals surface area contributed by atoms with E-state index in [0.29, 0.717) is 18.2 Å². The fraction of sp³-hybridized carbons (Fsp3) is 0.625. The summed E-state index contributed by atoms with van der Waals surface area (Å²) in [7, 11) is 2.12. The molecule has 21 heavy (non-hydrogen) atoms. The summed E-state index contributed by atoms with van der Waals surface area (Å²) in [5, 5.41) is 9.20. The lowest BCUT2D eigenvalue weighted by atomic mass is 10.00. The van der Waals surface area contributed by atoms with Crippen LogP contribution >= 0.6 is 0 Å². The number of aromatic nitrogens is 1. The topological polar surface area (TPSA) is 62.5 Å². The van der Waals surface area contributed by atoms with Crippen LogP contribution in [0.25, 0.3) is 0 Å². The average molecular weight is 292 g/mol. The van der Waals surface area contributed by atoms with E-state index >= 15 is 0 Å². The summed E-state index contributed by atoms with van der Waals surface area (Å²) in [5.74, 6) is -1.14. The number of likely N-dealkylation sites (tertiary alicyclic amines) is 1. The predicted molar refractivity (Wildman–Crippen MR) is 82.0 cm³/mol. The molecular formula is C16H24N2O3. The summed E-state index contributed by atoms with van der Waals surface area (Å²) in [6, 6.07) is 2.27. The first kappa shape index (κ1) is 15.8. The number of aromatic carboxylic acids is 1. The third kappa shape index (κ3) is 3.35. The Bertz CT molecular complexity index is 592. The van der Waals surface area contributed by atoms with Gasteiger partial charge in [0.15, 0.2) is 0 Å². The number of piperidine rings is 1. The van der Waals surface area contributed by atoms with E-state index in [1.165, 1.54) is 12.8 Å². The molecule has 5 heteroatoms. The molecule has 2 heterocycles. The van der Waals surface area contributed by atoms with Gasteiger partial charge in [0.05, 0.1) is 0 Å². The van der Waals surface area contributed by atoms with Crippen LogP contribution in [-0.2, 0) is 6.54 Å². The number of carboxylic acids is 1. The van der Waals surface area contributed by atoms with Crippen molar-refractivity contribution in [3.63, 3.8) is 0 Å². The monoisotopic (exact) mass is 292 g/mol. The van der Waals surface area contributed by atoms with Gasteiger partial charge in [-0.3, -0.25) is 4.79 Å². The van der Waals surface area contributed by atoms with Crippen LogP contribution in [0.4, 0.5) is 0 Å². The molecule has 2 rings (SSSR count). The van der Waals surface area contributed by atoms with Crippen LogP contribution in [-0.4, -0.2) is 40.2 Å². The molecule has 0 spiro atoms. The highest BCUT2D eigenvalue weighted by Gasteiger charge is 2.20. The van der Waals surface area contributed by atoms with Crippen LogP contribution in [0.15, 0.2) is 10.9 Å². The lowest BCUT2D eigenvalue weighted by molar-refractivity contribution is 0.0693. The Morgan fingerprint density at radius 3 is 2.71 bits per heavy atom. The lowest BCUT2D eigenvalue weighted by Crippen LogP contribution is -2.38. The normalized spacial score (nSPS) is 19.7. The molecule has 1 aliphatic heterocycles. The molecule has 1 saturated heterocycles. The van der Waals surface area contributed by atoms with Crippen molar-refractivity contribution in [2.45, 2.75) is 52.1 Å². The molecule has 1 aromatic rings. The highest BCUT2D eigenvalue weighted by molar-refractivity contribution is 5.88. The Balaban J connectivity index is 2.22. The molecule has 5 nitrogen and oxygen atoms in total. The minimum atomic E-state index is -1.14. The van der Waals surface area contributed by atoms with Crippen LogP contribution in [0.1, 0.15) is 47.3 Å². The Morgan fingerprint density at radius 1 is 1.38 bits per heavy atom. The highest BCUT2D eigenvalue weighted by atomic mass is 16.4. The van der Waals surface area contributed by atoms with E-state index in [0.717, 1.165) is 25.1 Å². The van der Waals surface area contributed by atoms with Gasteiger partial charge < -0.3 is 14.6 Å². The van der Waals surface area contributed by atoms with Gasteiger partial charge >= 0.3 is 5.97 Å². The minimum absolute atomic E-state index is 0.0994. The van der Waals surface area contributed by atoms with Crippen molar-refractivity contribution in [3.8, 4) is 0 Å². The maximum atomic E-state index is 12.4. The van der Waals surface area contributed by atoms with Crippen LogP contribution in [0.3, 0.4) is 0 Å². The summed E-state index contributed by atoms with van der Waals surface area (Å²) in [4.78, 5) is 26.0. The van der Waals surface area contributed by atoms with Gasteiger partial charge in [-0.2, -0.15) is 0 Å². The van der Waals surface area contributed by atoms with E-state index in [2.05, 4.69) is 11.9 Å². The SMILES string of the molecule is Cc1cc(C)n(CCC2CCCCN2C)c(=O)c1C(=O)O. The molecule has 116 valence electrons. The molecule has 1 aliphatic rings. The van der Waals surface area contributed by atoms with E-state index < -0.39 is 5.97 Å². The predicted octanol–water partition coefficient (Wildman–Crippen LogP) is 2.04. The lowest BCUT2D eigenvalue weighted by Gasteiger charge is -2.32. The van der Waals surface area contributed by atoms with Gasteiger partial charge in [0, 0.05) is 18.3 Å². The van der Waals surface area contributed by atoms with Gasteiger partial charge in [0.1, 0.15) is 5.56 Å². The number of rotatable bonds is 4. The molecule has 1 unspecified atom stereocenters. The number of carbonyl (C=O) groups is 1. The molecule has 1 aromatic heterocycles. The van der Waals surface area contributed by atoms with Crippen LogP contribution in [0.5, 0.6) is 0 Å². The number of aryl methyl sites for hydroxylation is 2.